The van der Waals surface area contributed by atoms with Crippen molar-refractivity contribution in [3.63, 3.8) is 0 Å². The van der Waals surface area contributed by atoms with Gasteiger partial charge in [0.15, 0.2) is 0 Å². The van der Waals surface area contributed by atoms with Crippen LogP contribution >= 0.6 is 11.3 Å². The monoisotopic (exact) mass is 468 g/mol. The number of carbonyl (C=O) groups is 3. The fraction of sp³-hybridized carbons (Fsp3) is 0.500. The van der Waals surface area contributed by atoms with Crippen molar-refractivity contribution in [3.8, 4) is 0 Å². The Bertz CT molecular complexity index is 995. The Morgan fingerprint density at radius 3 is 2.48 bits per heavy atom. The molecule has 0 radical (unpaired) electrons. The van der Waals surface area contributed by atoms with E-state index in [4.69, 9.17) is 4.74 Å². The van der Waals surface area contributed by atoms with E-state index in [9.17, 15) is 14.4 Å². The molecule has 2 amide bonds. The molecule has 2 aliphatic rings. The first kappa shape index (κ1) is 23.5. The molecular weight excluding hydrogens is 436 g/mol. The molecule has 2 atom stereocenters. The molecule has 0 bridgehead atoms. The fourth-order valence-electron chi connectivity index (χ4n) is 5.02. The van der Waals surface area contributed by atoms with E-state index in [1.54, 1.807) is 11.3 Å². The molecule has 2 aliphatic heterocycles. The van der Waals surface area contributed by atoms with Gasteiger partial charge in [0, 0.05) is 30.1 Å². The molecule has 0 saturated carbocycles. The van der Waals surface area contributed by atoms with E-state index >= 15 is 0 Å². The first-order chi connectivity index (χ1) is 15.9. The maximum atomic E-state index is 14.0. The number of hydrogen-bond donors (Lipinski definition) is 0. The zero-order valence-electron chi connectivity index (χ0n) is 19.5. The summed E-state index contributed by atoms with van der Waals surface area (Å²) in [6.07, 6.45) is 1.22. The van der Waals surface area contributed by atoms with E-state index in [2.05, 4.69) is 13.8 Å². The molecule has 33 heavy (non-hydrogen) atoms. The molecule has 6 nitrogen and oxygen atoms in total. The highest BCUT2D eigenvalue weighted by Crippen LogP contribution is 2.45. The molecule has 7 heteroatoms. The van der Waals surface area contributed by atoms with Gasteiger partial charge in [0.25, 0.3) is 5.91 Å². The molecule has 2 aromatic rings. The smallest absolute Gasteiger partial charge is 0.309 e. The van der Waals surface area contributed by atoms with Crippen LogP contribution in [-0.2, 0) is 14.3 Å². The van der Waals surface area contributed by atoms with Gasteiger partial charge >= 0.3 is 5.97 Å². The topological polar surface area (TPSA) is 66.9 Å². The predicted octanol–water partition coefficient (Wildman–Crippen LogP) is 4.49. The van der Waals surface area contributed by atoms with Crippen LogP contribution < -0.4 is 0 Å². The van der Waals surface area contributed by atoms with Crippen LogP contribution in [0.5, 0.6) is 0 Å². The highest BCUT2D eigenvalue weighted by molar-refractivity contribution is 7.10. The van der Waals surface area contributed by atoms with E-state index in [1.807, 2.05) is 58.5 Å². The Morgan fingerprint density at radius 1 is 1.12 bits per heavy atom. The predicted molar refractivity (Wildman–Crippen MR) is 128 cm³/mol. The Hall–Kier alpha value is -2.67. The molecule has 1 saturated heterocycles. The van der Waals surface area contributed by atoms with Crippen molar-refractivity contribution >= 4 is 29.1 Å². The molecule has 4 rings (SSSR count). The zero-order chi connectivity index (χ0) is 23.5. The van der Waals surface area contributed by atoms with Crippen molar-refractivity contribution in [2.24, 2.45) is 11.8 Å². The molecule has 0 unspecified atom stereocenters. The van der Waals surface area contributed by atoms with Gasteiger partial charge in [-0.3, -0.25) is 14.4 Å². The van der Waals surface area contributed by atoms with Crippen molar-refractivity contribution in [3.05, 3.63) is 57.8 Å². The lowest BCUT2D eigenvalue weighted by atomic mass is 9.80. The maximum absolute atomic E-state index is 14.0. The third-order valence-electron chi connectivity index (χ3n) is 6.53. The second-order valence-corrected chi connectivity index (χ2v) is 10.2. The minimum atomic E-state index is -0.463. The summed E-state index contributed by atoms with van der Waals surface area (Å²) in [5.41, 5.74) is 1.42. The van der Waals surface area contributed by atoms with Gasteiger partial charge in [0.2, 0.25) is 5.91 Å². The first-order valence-electron chi connectivity index (χ1n) is 11.8. The van der Waals surface area contributed by atoms with Crippen LogP contribution in [0.2, 0.25) is 0 Å². The van der Waals surface area contributed by atoms with Gasteiger partial charge in [-0.05, 0) is 48.8 Å². The number of carbonyl (C=O) groups excluding carboxylic acids is 3. The van der Waals surface area contributed by atoms with E-state index in [1.165, 1.54) is 0 Å². The summed E-state index contributed by atoms with van der Waals surface area (Å²) >= 11 is 1.59. The average molecular weight is 469 g/mol. The van der Waals surface area contributed by atoms with Gasteiger partial charge in [-0.15, -0.1) is 11.3 Å². The van der Waals surface area contributed by atoms with Crippen LogP contribution in [0.4, 0.5) is 0 Å². The SMILES string of the molecule is CCOC(=O)C1CCN(C(=O)[C@H]2c3ccccc3C(=O)N(CC(C)C)[C@H]2c2cccs2)CC1. The van der Waals surface area contributed by atoms with Crippen LogP contribution in [0.25, 0.3) is 0 Å². The first-order valence-corrected chi connectivity index (χ1v) is 12.7. The van der Waals surface area contributed by atoms with Gasteiger partial charge in [-0.2, -0.15) is 0 Å². The summed E-state index contributed by atoms with van der Waals surface area (Å²) in [5, 5.41) is 2.00. The molecule has 1 fully saturated rings. The highest BCUT2D eigenvalue weighted by Gasteiger charge is 2.46. The van der Waals surface area contributed by atoms with E-state index < -0.39 is 5.92 Å². The van der Waals surface area contributed by atoms with Crippen LogP contribution in [-0.4, -0.2) is 53.8 Å². The summed E-state index contributed by atoms with van der Waals surface area (Å²) in [4.78, 5) is 44.5. The molecular formula is C26H32N2O4S. The number of fused-ring (bicyclic) bond motifs is 1. The molecule has 1 aromatic carbocycles. The summed E-state index contributed by atoms with van der Waals surface area (Å²) in [7, 11) is 0. The Morgan fingerprint density at radius 2 is 1.85 bits per heavy atom. The molecule has 0 spiro atoms. The largest absolute Gasteiger partial charge is 0.466 e. The zero-order valence-corrected chi connectivity index (χ0v) is 20.3. The normalized spacial score (nSPS) is 21.3. The van der Waals surface area contributed by atoms with Crippen LogP contribution in [0, 0.1) is 11.8 Å². The lowest BCUT2D eigenvalue weighted by molar-refractivity contribution is -0.151. The average Bonchev–Trinajstić information content (AvgIpc) is 3.35. The van der Waals surface area contributed by atoms with Gasteiger partial charge in [0.1, 0.15) is 0 Å². The van der Waals surface area contributed by atoms with Gasteiger partial charge in [-0.1, -0.05) is 38.1 Å². The van der Waals surface area contributed by atoms with E-state index in [-0.39, 0.29) is 35.7 Å². The lowest BCUT2D eigenvalue weighted by Gasteiger charge is -2.44. The number of piperidine rings is 1. The summed E-state index contributed by atoms with van der Waals surface area (Å²) in [6, 6.07) is 11.2. The van der Waals surface area contributed by atoms with Crippen molar-refractivity contribution in [1.82, 2.24) is 9.80 Å². The van der Waals surface area contributed by atoms with Crippen molar-refractivity contribution in [2.75, 3.05) is 26.2 Å². The number of nitrogens with zero attached hydrogens (tertiary/aromatic N) is 2. The lowest BCUT2D eigenvalue weighted by Crippen LogP contribution is -2.50. The fourth-order valence-corrected chi connectivity index (χ4v) is 5.90. The second kappa shape index (κ2) is 10.1. The van der Waals surface area contributed by atoms with Crippen molar-refractivity contribution in [2.45, 2.75) is 45.6 Å². The number of likely N-dealkylation sites (tertiary alicyclic amines) is 1. The summed E-state index contributed by atoms with van der Waals surface area (Å²) < 4.78 is 5.18. The summed E-state index contributed by atoms with van der Waals surface area (Å²) in [5.74, 6) is -0.488. The number of thiophene rings is 1. The number of esters is 1. The summed E-state index contributed by atoms with van der Waals surface area (Å²) in [6.45, 7) is 8.01. The van der Waals surface area contributed by atoms with E-state index in [0.29, 0.717) is 44.6 Å². The number of amides is 2. The van der Waals surface area contributed by atoms with Gasteiger partial charge in [-0.25, -0.2) is 0 Å². The molecule has 0 aliphatic carbocycles. The van der Waals surface area contributed by atoms with Gasteiger partial charge in [0.05, 0.1) is 24.5 Å². The third-order valence-corrected chi connectivity index (χ3v) is 7.47. The standard InChI is InChI=1S/C26H32N2O4S/c1-4-32-26(31)18-11-13-27(14-12-18)25(30)22-19-8-5-6-9-20(19)24(29)28(16-17(2)3)23(22)21-10-7-15-33-21/h5-10,15,17-18,22-23H,4,11-14,16H2,1-3H3/t22-,23-/m0/s1. The highest BCUT2D eigenvalue weighted by atomic mass is 32.1. The second-order valence-electron chi connectivity index (χ2n) is 9.23. The molecule has 1 aromatic heterocycles. The Balaban J connectivity index is 1.68. The van der Waals surface area contributed by atoms with Crippen LogP contribution in [0.15, 0.2) is 41.8 Å². The Labute approximate surface area is 199 Å². The van der Waals surface area contributed by atoms with Crippen LogP contribution in [0.3, 0.4) is 0 Å². The quantitative estimate of drug-likeness (QED) is 0.586. The van der Waals surface area contributed by atoms with E-state index in [0.717, 1.165) is 10.4 Å². The number of hydrogen-bond acceptors (Lipinski definition) is 5. The molecule has 3 heterocycles. The number of ether oxygens (including phenoxy) is 1. The maximum Gasteiger partial charge on any atom is 0.309 e. The number of benzene rings is 1. The molecule has 176 valence electrons. The van der Waals surface area contributed by atoms with Gasteiger partial charge < -0.3 is 14.5 Å². The number of rotatable bonds is 6. The third kappa shape index (κ3) is 4.69. The molecule has 0 N–H and O–H groups in total. The van der Waals surface area contributed by atoms with Crippen molar-refractivity contribution in [1.29, 1.82) is 0 Å². The minimum absolute atomic E-state index is 0.0113. The van der Waals surface area contributed by atoms with Crippen molar-refractivity contribution < 1.29 is 19.1 Å². The van der Waals surface area contributed by atoms with Crippen LogP contribution in [0.1, 0.15) is 66.4 Å². The minimum Gasteiger partial charge on any atom is -0.466 e. The Kier molecular flexibility index (Phi) is 7.17.